The number of carbonyl (C=O) groups excluding carboxylic acids is 1. The summed E-state index contributed by atoms with van der Waals surface area (Å²) in [7, 11) is 1.58. The molecule has 0 unspecified atom stereocenters. The molecular formula is C25H21N5O3. The van der Waals surface area contributed by atoms with Gasteiger partial charge in [0.15, 0.2) is 5.58 Å². The van der Waals surface area contributed by atoms with Gasteiger partial charge in [0.05, 0.1) is 24.6 Å². The Hall–Kier alpha value is -4.59. The van der Waals surface area contributed by atoms with Crippen LogP contribution in [0.1, 0.15) is 5.56 Å². The molecule has 3 N–H and O–H groups in total. The third-order valence-electron chi connectivity index (χ3n) is 5.15. The topological polar surface area (TPSA) is 105 Å². The van der Waals surface area contributed by atoms with Crippen LogP contribution in [0, 0.1) is 6.92 Å². The summed E-state index contributed by atoms with van der Waals surface area (Å²) in [5, 5.41) is 12.9. The Morgan fingerprint density at radius 3 is 2.61 bits per heavy atom. The Balaban J connectivity index is 1.38. The van der Waals surface area contributed by atoms with Crippen LogP contribution in [0.2, 0.25) is 0 Å². The maximum Gasteiger partial charge on any atom is 0.323 e. The van der Waals surface area contributed by atoms with Gasteiger partial charge in [0.2, 0.25) is 5.89 Å². The van der Waals surface area contributed by atoms with Gasteiger partial charge in [-0.1, -0.05) is 24.3 Å². The van der Waals surface area contributed by atoms with E-state index < -0.39 is 0 Å². The second kappa shape index (κ2) is 8.51. The summed E-state index contributed by atoms with van der Waals surface area (Å²) in [6, 6.07) is 20.1. The van der Waals surface area contributed by atoms with Gasteiger partial charge >= 0.3 is 6.03 Å². The second-order valence-corrected chi connectivity index (χ2v) is 7.54. The molecule has 33 heavy (non-hydrogen) atoms. The van der Waals surface area contributed by atoms with Crippen molar-refractivity contribution in [3.05, 3.63) is 78.5 Å². The quantitative estimate of drug-likeness (QED) is 0.319. The number of aromatic nitrogens is 3. The molecule has 5 rings (SSSR count). The van der Waals surface area contributed by atoms with Crippen LogP contribution in [-0.4, -0.2) is 28.3 Å². The van der Waals surface area contributed by atoms with E-state index in [1.165, 1.54) is 0 Å². The van der Waals surface area contributed by atoms with E-state index >= 15 is 0 Å². The summed E-state index contributed by atoms with van der Waals surface area (Å²) in [5.74, 6) is 1.14. The van der Waals surface area contributed by atoms with Crippen molar-refractivity contribution in [2.75, 3.05) is 17.7 Å². The molecule has 164 valence electrons. The van der Waals surface area contributed by atoms with Crippen LogP contribution in [0.3, 0.4) is 0 Å². The lowest BCUT2D eigenvalue weighted by atomic mass is 10.1. The number of H-pyrrole nitrogens is 1. The molecule has 8 nitrogen and oxygen atoms in total. The number of fused-ring (bicyclic) bond motifs is 1. The van der Waals surface area contributed by atoms with Crippen LogP contribution in [-0.2, 0) is 0 Å². The number of nitrogens with one attached hydrogen (secondary N) is 3. The van der Waals surface area contributed by atoms with Crippen molar-refractivity contribution in [2.24, 2.45) is 0 Å². The van der Waals surface area contributed by atoms with Gasteiger partial charge < -0.3 is 19.8 Å². The smallest absolute Gasteiger partial charge is 0.323 e. The van der Waals surface area contributed by atoms with E-state index in [-0.39, 0.29) is 6.03 Å². The number of aromatic amines is 1. The maximum atomic E-state index is 12.5. The maximum absolute atomic E-state index is 12.5. The molecule has 0 aliphatic carbocycles. The number of methoxy groups -OCH3 is 1. The molecule has 0 aliphatic heterocycles. The average molecular weight is 439 g/mol. The minimum atomic E-state index is -0.362. The highest BCUT2D eigenvalue weighted by Gasteiger charge is 2.16. The molecule has 0 atom stereocenters. The number of hydrogen-bond donors (Lipinski definition) is 3. The van der Waals surface area contributed by atoms with Gasteiger partial charge in [-0.25, -0.2) is 9.78 Å². The number of oxazole rings is 1. The standard InChI is InChI=1S/C25H21N5O3/c1-15-9-10-22-21(11-15)29-24(33-22)20-14-26-30-23(20)16-5-3-6-17(12-16)27-25(31)28-18-7-4-8-19(13-18)32-2/h3-14H,1-2H3,(H,26,30)(H2,27,28,31). The number of benzene rings is 3. The van der Waals surface area contributed by atoms with Crippen molar-refractivity contribution in [3.8, 4) is 28.5 Å². The van der Waals surface area contributed by atoms with Gasteiger partial charge in [0.1, 0.15) is 11.3 Å². The highest BCUT2D eigenvalue weighted by Crippen LogP contribution is 2.33. The molecule has 2 aromatic heterocycles. The first-order valence-corrected chi connectivity index (χ1v) is 10.3. The third kappa shape index (κ3) is 4.27. The largest absolute Gasteiger partial charge is 0.497 e. The molecule has 0 aliphatic rings. The van der Waals surface area contributed by atoms with Gasteiger partial charge in [-0.3, -0.25) is 5.10 Å². The molecule has 2 amide bonds. The molecule has 0 fully saturated rings. The van der Waals surface area contributed by atoms with Crippen LogP contribution < -0.4 is 15.4 Å². The number of carbonyl (C=O) groups is 1. The van der Waals surface area contributed by atoms with E-state index in [4.69, 9.17) is 9.15 Å². The summed E-state index contributed by atoms with van der Waals surface area (Å²) < 4.78 is 11.1. The number of ether oxygens (including phenoxy) is 1. The Labute approximate surface area is 189 Å². The lowest BCUT2D eigenvalue weighted by Crippen LogP contribution is -2.19. The van der Waals surface area contributed by atoms with Crippen molar-refractivity contribution in [2.45, 2.75) is 6.92 Å². The number of anilines is 2. The predicted octanol–water partition coefficient (Wildman–Crippen LogP) is 5.85. The zero-order valence-corrected chi connectivity index (χ0v) is 18.0. The van der Waals surface area contributed by atoms with E-state index in [2.05, 4.69) is 25.8 Å². The first-order valence-electron chi connectivity index (χ1n) is 10.3. The predicted molar refractivity (Wildman–Crippen MR) is 127 cm³/mol. The Bertz CT molecular complexity index is 1450. The Morgan fingerprint density at radius 2 is 1.79 bits per heavy atom. The zero-order chi connectivity index (χ0) is 22.8. The van der Waals surface area contributed by atoms with E-state index in [1.54, 1.807) is 25.4 Å². The van der Waals surface area contributed by atoms with Gasteiger partial charge in [-0.05, 0) is 48.9 Å². The number of amides is 2. The van der Waals surface area contributed by atoms with Gasteiger partial charge in [0, 0.05) is 23.0 Å². The number of hydrogen-bond acceptors (Lipinski definition) is 5. The Kier molecular flexibility index (Phi) is 5.24. The molecular weight excluding hydrogens is 418 g/mol. The number of aryl methyl sites for hydroxylation is 1. The third-order valence-corrected chi connectivity index (χ3v) is 5.15. The highest BCUT2D eigenvalue weighted by molar-refractivity contribution is 6.00. The van der Waals surface area contributed by atoms with E-state index in [0.717, 1.165) is 27.9 Å². The number of urea groups is 1. The van der Waals surface area contributed by atoms with Crippen LogP contribution >= 0.6 is 0 Å². The summed E-state index contributed by atoms with van der Waals surface area (Å²) in [5.41, 5.74) is 6.19. The average Bonchev–Trinajstić information content (AvgIpc) is 3.46. The highest BCUT2D eigenvalue weighted by atomic mass is 16.5. The van der Waals surface area contributed by atoms with Crippen LogP contribution in [0.4, 0.5) is 16.2 Å². The van der Waals surface area contributed by atoms with Crippen molar-refractivity contribution in [3.63, 3.8) is 0 Å². The zero-order valence-electron chi connectivity index (χ0n) is 18.0. The van der Waals surface area contributed by atoms with Gasteiger partial charge in [-0.2, -0.15) is 5.10 Å². The fourth-order valence-electron chi connectivity index (χ4n) is 3.57. The molecule has 0 saturated carbocycles. The van der Waals surface area contributed by atoms with Crippen LogP contribution in [0.5, 0.6) is 5.75 Å². The minimum absolute atomic E-state index is 0.362. The molecule has 0 radical (unpaired) electrons. The van der Waals surface area contributed by atoms with Crippen molar-refractivity contribution in [1.29, 1.82) is 0 Å². The molecule has 2 heterocycles. The monoisotopic (exact) mass is 439 g/mol. The molecule has 3 aromatic carbocycles. The Morgan fingerprint density at radius 1 is 1.00 bits per heavy atom. The van der Waals surface area contributed by atoms with Crippen molar-refractivity contribution >= 4 is 28.5 Å². The number of nitrogens with zero attached hydrogens (tertiary/aromatic N) is 2. The van der Waals surface area contributed by atoms with Gasteiger partial charge in [0.25, 0.3) is 0 Å². The van der Waals surface area contributed by atoms with E-state index in [0.29, 0.717) is 28.6 Å². The van der Waals surface area contributed by atoms with Crippen molar-refractivity contribution in [1.82, 2.24) is 15.2 Å². The van der Waals surface area contributed by atoms with Crippen LogP contribution in [0.25, 0.3) is 33.8 Å². The second-order valence-electron chi connectivity index (χ2n) is 7.54. The lowest BCUT2D eigenvalue weighted by Gasteiger charge is -2.10. The van der Waals surface area contributed by atoms with E-state index in [9.17, 15) is 4.79 Å². The van der Waals surface area contributed by atoms with Crippen molar-refractivity contribution < 1.29 is 13.9 Å². The summed E-state index contributed by atoms with van der Waals surface area (Å²) in [6.07, 6.45) is 1.68. The molecule has 0 saturated heterocycles. The van der Waals surface area contributed by atoms with Crippen LogP contribution in [0.15, 0.2) is 77.3 Å². The molecule has 5 aromatic rings. The summed E-state index contributed by atoms with van der Waals surface area (Å²) in [4.78, 5) is 17.1. The van der Waals surface area contributed by atoms with Gasteiger partial charge in [-0.15, -0.1) is 0 Å². The minimum Gasteiger partial charge on any atom is -0.497 e. The first kappa shape index (κ1) is 20.3. The normalized spacial score (nSPS) is 10.8. The SMILES string of the molecule is COc1cccc(NC(=O)Nc2cccc(-c3[nH]ncc3-c3nc4cc(C)ccc4o3)c2)c1. The molecule has 8 heteroatoms. The first-order chi connectivity index (χ1) is 16.1. The molecule has 0 spiro atoms. The fourth-order valence-corrected chi connectivity index (χ4v) is 3.57. The lowest BCUT2D eigenvalue weighted by molar-refractivity contribution is 0.262. The summed E-state index contributed by atoms with van der Waals surface area (Å²) in [6.45, 7) is 2.01. The van der Waals surface area contributed by atoms with E-state index in [1.807, 2.05) is 61.5 Å². The fraction of sp³-hybridized carbons (Fsp3) is 0.0800. The summed E-state index contributed by atoms with van der Waals surface area (Å²) >= 11 is 0. The molecule has 0 bridgehead atoms. The number of rotatable bonds is 5.